The van der Waals surface area contributed by atoms with Gasteiger partial charge < -0.3 is 0 Å². The average molecular weight is 162 g/mol. The van der Waals surface area contributed by atoms with E-state index < -0.39 is 0 Å². The Hall–Kier alpha value is 0.402. The summed E-state index contributed by atoms with van der Waals surface area (Å²) in [5, 5.41) is 0. The molecule has 0 aliphatic rings. The summed E-state index contributed by atoms with van der Waals surface area (Å²) in [4.78, 5) is 0.961. The third-order valence-corrected chi connectivity index (χ3v) is 1.13. The first-order valence-corrected chi connectivity index (χ1v) is 2.53. The van der Waals surface area contributed by atoms with Crippen molar-refractivity contribution in [3.63, 3.8) is 0 Å². The van der Waals surface area contributed by atoms with Crippen molar-refractivity contribution in [3.05, 3.63) is 12.2 Å². The van der Waals surface area contributed by atoms with Gasteiger partial charge in [-0.1, -0.05) is 0 Å². The van der Waals surface area contributed by atoms with Crippen molar-refractivity contribution in [1.29, 1.82) is 0 Å². The number of hydrogen-bond donors (Lipinski definition) is 0. The van der Waals surface area contributed by atoms with Gasteiger partial charge in [0, 0.05) is 0 Å². The molecule has 0 saturated carbocycles. The molecule has 0 unspecified atom stereocenters. The fraction of sp³-hybridized carbons (Fsp3) is 0.500. The number of allylic oxidation sites excluding steroid dienone is 1. The number of hydrogen-bond acceptors (Lipinski definition) is 0. The van der Waals surface area contributed by atoms with Gasteiger partial charge in [0.1, 0.15) is 0 Å². The molecule has 0 aromatic heterocycles. The maximum atomic E-state index is 3.64. The fourth-order valence-corrected chi connectivity index (χ4v) is 0. The molecule has 0 aromatic carbocycles. The molecule has 5 heavy (non-hydrogen) atoms. The Labute approximate surface area is 43.7 Å². The van der Waals surface area contributed by atoms with Crippen LogP contribution in [0.3, 0.4) is 0 Å². The van der Waals surface area contributed by atoms with Crippen molar-refractivity contribution in [3.8, 4) is 0 Å². The average Bonchev–Trinajstić information content (AvgIpc) is 1.38. The second kappa shape index (κ2) is 2.63. The third-order valence-electron chi connectivity index (χ3n) is 0.191. The van der Waals surface area contributed by atoms with Crippen LogP contribution < -0.4 is 0 Å². The van der Waals surface area contributed by atoms with Crippen LogP contribution in [0.25, 0.3) is 0 Å². The van der Waals surface area contributed by atoms with E-state index in [4.69, 9.17) is 0 Å². The monoisotopic (exact) mass is 161 g/mol. The van der Waals surface area contributed by atoms with Gasteiger partial charge in [-0.3, -0.25) is 0 Å². The molecule has 0 N–H and O–H groups in total. The topological polar surface area (TPSA) is 0 Å². The molecular formula is C4H7Pd. The molecule has 1 heteroatoms. The second-order valence-corrected chi connectivity index (χ2v) is 1.62. The van der Waals surface area contributed by atoms with E-state index in [1.165, 1.54) is 5.57 Å². The Kier molecular flexibility index (Phi) is 2.84. The summed E-state index contributed by atoms with van der Waals surface area (Å²) >= 11 is 2.99. The SMILES string of the molecule is C=C(C)[CH2][Pd]. The van der Waals surface area contributed by atoms with Crippen molar-refractivity contribution in [2.24, 2.45) is 0 Å². The zero-order chi connectivity index (χ0) is 4.28. The van der Waals surface area contributed by atoms with Gasteiger partial charge in [-0.15, -0.1) is 0 Å². The minimum atomic E-state index is 0.961. The van der Waals surface area contributed by atoms with E-state index in [9.17, 15) is 0 Å². The van der Waals surface area contributed by atoms with Crippen LogP contribution in [0.4, 0.5) is 0 Å². The van der Waals surface area contributed by atoms with Gasteiger partial charge in [-0.2, -0.15) is 0 Å². The molecule has 0 bridgehead atoms. The van der Waals surface area contributed by atoms with Gasteiger partial charge >= 0.3 is 43.2 Å². The van der Waals surface area contributed by atoms with Gasteiger partial charge in [-0.05, 0) is 0 Å². The molecule has 0 atom stereocenters. The Morgan fingerprint density at radius 2 is 2.20 bits per heavy atom. The Morgan fingerprint density at radius 3 is 2.20 bits per heavy atom. The van der Waals surface area contributed by atoms with Gasteiger partial charge in [0.2, 0.25) is 0 Å². The Balaban J connectivity index is 2.85. The van der Waals surface area contributed by atoms with Gasteiger partial charge in [-0.25, -0.2) is 0 Å². The van der Waals surface area contributed by atoms with Gasteiger partial charge in [0.25, 0.3) is 0 Å². The first-order chi connectivity index (χ1) is 2.27. The predicted molar refractivity (Wildman–Crippen MR) is 19.6 cm³/mol. The summed E-state index contributed by atoms with van der Waals surface area (Å²) in [5.74, 6) is 0. The molecule has 0 heterocycles. The molecule has 0 aliphatic heterocycles. The Morgan fingerprint density at radius 1 is 2.00 bits per heavy atom. The molecule has 0 rings (SSSR count). The predicted octanol–water partition coefficient (Wildman–Crippen LogP) is 1.53. The van der Waals surface area contributed by atoms with Crippen LogP contribution in [0, 0.1) is 0 Å². The first-order valence-electron chi connectivity index (χ1n) is 1.43. The molecule has 33 valence electrons. The molecule has 0 radical (unpaired) electrons. The second-order valence-electron chi connectivity index (χ2n) is 1.07. The molecule has 0 aromatic rings. The van der Waals surface area contributed by atoms with Crippen molar-refractivity contribution in [2.75, 3.05) is 0 Å². The fourth-order valence-electron chi connectivity index (χ4n) is 0. The molecular weight excluding hydrogens is 154 g/mol. The van der Waals surface area contributed by atoms with Crippen LogP contribution in [0.5, 0.6) is 0 Å². The standard InChI is InChI=1S/C4H7.Pd/c1-4(2)3;/h1-2H2,3H3;. The first kappa shape index (κ1) is 5.40. The summed E-state index contributed by atoms with van der Waals surface area (Å²) < 4.78 is 0. The van der Waals surface area contributed by atoms with Crippen LogP contribution in [-0.4, -0.2) is 0 Å². The van der Waals surface area contributed by atoms with Crippen LogP contribution >= 0.6 is 0 Å². The summed E-state index contributed by atoms with van der Waals surface area (Å²) in [6, 6.07) is 0. The van der Waals surface area contributed by atoms with Gasteiger partial charge in [0.05, 0.1) is 0 Å². The van der Waals surface area contributed by atoms with Crippen LogP contribution in [0.1, 0.15) is 6.92 Å². The van der Waals surface area contributed by atoms with E-state index in [1.54, 1.807) is 0 Å². The van der Waals surface area contributed by atoms with Gasteiger partial charge in [0.15, 0.2) is 0 Å². The van der Waals surface area contributed by atoms with Crippen LogP contribution in [0.2, 0.25) is 4.89 Å². The summed E-state index contributed by atoms with van der Waals surface area (Å²) in [5.41, 5.74) is 1.19. The van der Waals surface area contributed by atoms with E-state index in [1.807, 2.05) is 6.92 Å². The maximum absolute atomic E-state index is 3.64. The zero-order valence-corrected chi connectivity index (χ0v) is 4.79. The van der Waals surface area contributed by atoms with E-state index in [2.05, 4.69) is 25.8 Å². The quantitative estimate of drug-likeness (QED) is 0.404. The van der Waals surface area contributed by atoms with Crippen molar-refractivity contribution >= 4 is 0 Å². The van der Waals surface area contributed by atoms with Crippen LogP contribution in [0.15, 0.2) is 12.2 Å². The molecule has 0 amide bonds. The van der Waals surface area contributed by atoms with Crippen molar-refractivity contribution in [1.82, 2.24) is 0 Å². The summed E-state index contributed by atoms with van der Waals surface area (Å²) in [7, 11) is 0. The van der Waals surface area contributed by atoms with E-state index >= 15 is 0 Å². The van der Waals surface area contributed by atoms with Crippen molar-refractivity contribution in [2.45, 2.75) is 11.8 Å². The molecule has 0 saturated heterocycles. The molecule has 0 aliphatic carbocycles. The normalized spacial score (nSPS) is 7.80. The van der Waals surface area contributed by atoms with Crippen molar-refractivity contribution < 1.29 is 19.2 Å². The number of rotatable bonds is 1. The molecule has 0 nitrogen and oxygen atoms in total. The summed E-state index contributed by atoms with van der Waals surface area (Å²) in [6.45, 7) is 5.63. The molecule has 0 fully saturated rings. The van der Waals surface area contributed by atoms with E-state index in [0.717, 1.165) is 4.89 Å². The summed E-state index contributed by atoms with van der Waals surface area (Å²) in [6.07, 6.45) is 0. The van der Waals surface area contributed by atoms with Crippen LogP contribution in [-0.2, 0) is 19.2 Å². The van der Waals surface area contributed by atoms with E-state index in [0.29, 0.717) is 0 Å². The molecule has 0 spiro atoms. The minimum absolute atomic E-state index is 0.961. The third kappa shape index (κ3) is 4.40. The van der Waals surface area contributed by atoms with E-state index in [-0.39, 0.29) is 0 Å². The Bertz CT molecular complexity index is 38.9. The zero-order valence-electron chi connectivity index (χ0n) is 3.23.